The van der Waals surface area contributed by atoms with E-state index >= 15 is 0 Å². The molecule has 10 aromatic rings. The van der Waals surface area contributed by atoms with E-state index in [1.165, 1.54) is 38.8 Å². The van der Waals surface area contributed by atoms with Crippen LogP contribution in [0.25, 0.3) is 93.9 Å². The summed E-state index contributed by atoms with van der Waals surface area (Å²) >= 11 is 0. The van der Waals surface area contributed by atoms with Gasteiger partial charge in [-0.15, -0.1) is 0 Å². The highest BCUT2D eigenvalue weighted by atomic mass is 16.3. The Kier molecular flexibility index (Phi) is 7.41. The molecule has 0 amide bonds. The van der Waals surface area contributed by atoms with E-state index in [9.17, 15) is 4.79 Å². The van der Waals surface area contributed by atoms with Crippen molar-refractivity contribution in [3.63, 3.8) is 0 Å². The van der Waals surface area contributed by atoms with Gasteiger partial charge >= 0.3 is 0 Å². The van der Waals surface area contributed by atoms with Crippen molar-refractivity contribution in [3.8, 4) is 50.2 Å². The summed E-state index contributed by atoms with van der Waals surface area (Å²) in [5, 5.41) is 3.51. The van der Waals surface area contributed by atoms with Gasteiger partial charge in [0, 0.05) is 16.5 Å². The number of fused-ring (bicyclic) bond motifs is 5. The second kappa shape index (κ2) is 12.6. The predicted octanol–water partition coefficient (Wildman–Crippen LogP) is 13.3. The Morgan fingerprint density at radius 1 is 0.370 bits per heavy atom. The van der Waals surface area contributed by atoms with Crippen molar-refractivity contribution in [2.24, 2.45) is 0 Å². The normalized spacial score (nSPS) is 11.6. The summed E-state index contributed by atoms with van der Waals surface area (Å²) in [6.45, 7) is 4.32. The van der Waals surface area contributed by atoms with E-state index in [-0.39, 0.29) is 5.43 Å². The molecule has 0 unspecified atom stereocenters. The Bertz CT molecular complexity index is 3060. The van der Waals surface area contributed by atoms with Crippen LogP contribution in [0.5, 0.6) is 0 Å². The van der Waals surface area contributed by atoms with Gasteiger partial charge in [-0.25, -0.2) is 0 Å². The van der Waals surface area contributed by atoms with Crippen molar-refractivity contribution in [2.75, 3.05) is 0 Å². The maximum atomic E-state index is 13.3. The average Bonchev–Trinajstić information content (AvgIpc) is 3.54. The minimum Gasteiger partial charge on any atom is -0.456 e. The molecular weight excluding hydrogens is 659 g/mol. The van der Waals surface area contributed by atoms with Crippen LogP contribution in [0, 0.1) is 13.8 Å². The molecule has 3 heteroatoms. The molecule has 0 aliphatic heterocycles. The van der Waals surface area contributed by atoms with Crippen LogP contribution in [0.4, 0.5) is 0 Å². The molecule has 2 aromatic heterocycles. The van der Waals surface area contributed by atoms with Gasteiger partial charge in [0.25, 0.3) is 0 Å². The lowest BCUT2D eigenvalue weighted by atomic mass is 9.93. The Hall–Kier alpha value is -6.97. The van der Waals surface area contributed by atoms with Crippen LogP contribution in [-0.2, 0) is 0 Å². The summed E-state index contributed by atoms with van der Waals surface area (Å²) in [7, 11) is 0. The van der Waals surface area contributed by atoms with Gasteiger partial charge in [-0.1, -0.05) is 97.1 Å². The van der Waals surface area contributed by atoms with E-state index in [0.717, 1.165) is 44.4 Å². The van der Waals surface area contributed by atoms with E-state index in [1.807, 2.05) is 42.5 Å². The van der Waals surface area contributed by atoms with Gasteiger partial charge in [0.15, 0.2) is 0 Å². The van der Waals surface area contributed by atoms with E-state index < -0.39 is 0 Å². The molecule has 3 nitrogen and oxygen atoms in total. The maximum absolute atomic E-state index is 13.3. The highest BCUT2D eigenvalue weighted by Crippen LogP contribution is 2.40. The Morgan fingerprint density at radius 3 is 1.46 bits per heavy atom. The first-order valence-electron chi connectivity index (χ1n) is 18.4. The largest absolute Gasteiger partial charge is 0.456 e. The summed E-state index contributed by atoms with van der Waals surface area (Å²) in [4.78, 5) is 13.3. The third-order valence-corrected chi connectivity index (χ3v) is 10.6. The molecule has 10 rings (SSSR count). The van der Waals surface area contributed by atoms with Crippen LogP contribution in [0.2, 0.25) is 0 Å². The zero-order valence-corrected chi connectivity index (χ0v) is 30.0. The van der Waals surface area contributed by atoms with Crippen LogP contribution >= 0.6 is 0 Å². The van der Waals surface area contributed by atoms with Crippen molar-refractivity contribution in [1.29, 1.82) is 0 Å². The molecule has 0 saturated heterocycles. The summed E-state index contributed by atoms with van der Waals surface area (Å²) in [5.74, 6) is 0. The number of nitrogens with zero attached hydrogens (tertiary/aromatic N) is 1. The van der Waals surface area contributed by atoms with Crippen molar-refractivity contribution < 1.29 is 4.42 Å². The Labute approximate surface area is 313 Å². The molecule has 0 aliphatic carbocycles. The topological polar surface area (TPSA) is 35.1 Å². The molecule has 2 heterocycles. The minimum absolute atomic E-state index is 0.00958. The first-order valence-corrected chi connectivity index (χ1v) is 18.4. The van der Waals surface area contributed by atoms with Crippen LogP contribution < -0.4 is 5.43 Å². The monoisotopic (exact) mass is 693 g/mol. The highest BCUT2D eigenvalue weighted by Gasteiger charge is 2.17. The number of rotatable bonds is 5. The molecule has 0 bridgehead atoms. The number of aryl methyl sites for hydroxylation is 2. The zero-order valence-electron chi connectivity index (χ0n) is 30.0. The fraction of sp³-hybridized carbons (Fsp3) is 0.0392. The number of aromatic nitrogens is 1. The predicted molar refractivity (Wildman–Crippen MR) is 226 cm³/mol. The van der Waals surface area contributed by atoms with Gasteiger partial charge in [-0.3, -0.25) is 4.79 Å². The first kappa shape index (κ1) is 31.7. The highest BCUT2D eigenvalue weighted by molar-refractivity contribution is 6.12. The Morgan fingerprint density at radius 2 is 0.852 bits per heavy atom. The summed E-state index contributed by atoms with van der Waals surface area (Å²) in [6.07, 6.45) is 0. The molecule has 0 atom stereocenters. The van der Waals surface area contributed by atoms with Gasteiger partial charge < -0.3 is 8.98 Å². The van der Waals surface area contributed by atoms with E-state index in [1.54, 1.807) is 0 Å². The molecule has 0 saturated carbocycles. The van der Waals surface area contributed by atoms with Crippen LogP contribution in [0.3, 0.4) is 0 Å². The van der Waals surface area contributed by atoms with Gasteiger partial charge in [0.2, 0.25) is 5.43 Å². The van der Waals surface area contributed by atoms with Crippen molar-refractivity contribution in [1.82, 2.24) is 4.57 Å². The first-order chi connectivity index (χ1) is 26.5. The summed E-state index contributed by atoms with van der Waals surface area (Å²) in [6, 6.07) is 61.8. The van der Waals surface area contributed by atoms with Gasteiger partial charge in [0.05, 0.1) is 21.8 Å². The minimum atomic E-state index is -0.00958. The fourth-order valence-electron chi connectivity index (χ4n) is 8.11. The molecule has 0 radical (unpaired) electrons. The van der Waals surface area contributed by atoms with Gasteiger partial charge in [-0.05, 0) is 148 Å². The molecule has 0 aliphatic rings. The van der Waals surface area contributed by atoms with Crippen LogP contribution in [0.15, 0.2) is 185 Å². The maximum Gasteiger partial charge on any atom is 0.200 e. The molecule has 0 fully saturated rings. The third-order valence-electron chi connectivity index (χ3n) is 10.6. The smallest absolute Gasteiger partial charge is 0.200 e. The molecule has 8 aromatic carbocycles. The lowest BCUT2D eigenvalue weighted by molar-refractivity contribution is 0.660. The summed E-state index contributed by atoms with van der Waals surface area (Å²) < 4.78 is 8.66. The molecule has 0 N–H and O–H groups in total. The quantitative estimate of drug-likeness (QED) is 0.168. The third kappa shape index (κ3) is 5.41. The lowest BCUT2D eigenvalue weighted by Gasteiger charge is -2.12. The second-order valence-electron chi connectivity index (χ2n) is 14.3. The van der Waals surface area contributed by atoms with Crippen molar-refractivity contribution in [2.45, 2.75) is 13.8 Å². The number of hydrogen-bond acceptors (Lipinski definition) is 2. The van der Waals surface area contributed by atoms with Crippen LogP contribution in [0.1, 0.15) is 11.1 Å². The van der Waals surface area contributed by atoms with E-state index in [0.29, 0.717) is 21.9 Å². The lowest BCUT2D eigenvalue weighted by Crippen LogP contribution is -2.01. The van der Waals surface area contributed by atoms with Crippen molar-refractivity contribution in [3.05, 3.63) is 197 Å². The Balaban J connectivity index is 1.20. The SMILES string of the molecule is Cc1cc(C)cc(-n2c3ccc(-c4cc(-c5ccccc5)cc(-c5ccccc5)c4)cc3c3cc(-c4ccc5c(=O)c6ccccc6oc5c4)ccc32)c1. The molecule has 256 valence electrons. The molecular formula is C51H35NO2. The van der Waals surface area contributed by atoms with Crippen LogP contribution in [-0.4, -0.2) is 4.57 Å². The molecule has 0 spiro atoms. The van der Waals surface area contributed by atoms with Gasteiger partial charge in [-0.2, -0.15) is 0 Å². The average molecular weight is 694 g/mol. The zero-order chi connectivity index (χ0) is 36.3. The van der Waals surface area contributed by atoms with Crippen molar-refractivity contribution >= 4 is 43.7 Å². The van der Waals surface area contributed by atoms with Gasteiger partial charge in [0.1, 0.15) is 11.2 Å². The number of hydrogen-bond donors (Lipinski definition) is 0. The number of para-hydroxylation sites is 1. The number of benzene rings is 8. The fourth-order valence-corrected chi connectivity index (χ4v) is 8.11. The summed E-state index contributed by atoms with van der Waals surface area (Å²) in [5.41, 5.74) is 16.2. The van der Waals surface area contributed by atoms with E-state index in [2.05, 4.69) is 152 Å². The molecule has 54 heavy (non-hydrogen) atoms. The standard InChI is InChI=1S/C51H35NO2/c1-32-23-33(2)25-42(24-32)52-47-21-18-36(38-17-20-44-50(31-38)54-49-16-10-9-15-43(49)51(44)53)29-45(47)46-30-37(19-22-48(46)52)41-27-39(34-11-5-3-6-12-34)26-40(28-41)35-13-7-4-8-14-35/h3-31H,1-2H3. The second-order valence-corrected chi connectivity index (χ2v) is 14.3. The van der Waals surface area contributed by atoms with E-state index in [4.69, 9.17) is 4.42 Å².